The van der Waals surface area contributed by atoms with Crippen molar-refractivity contribution in [3.05, 3.63) is 59.7 Å². The zero-order chi connectivity index (χ0) is 13.9. The van der Waals surface area contributed by atoms with E-state index in [1.54, 1.807) is 17.0 Å². The molecule has 0 bridgehead atoms. The molecule has 4 nitrogen and oxygen atoms in total. The SMILES string of the molecule is O=C(c1ccc(O)cc1)N1CCOc2ccccc2C1. The van der Waals surface area contributed by atoms with Crippen LogP contribution in [0.4, 0.5) is 0 Å². The Balaban J connectivity index is 1.84. The summed E-state index contributed by atoms with van der Waals surface area (Å²) in [6.07, 6.45) is 0. The second-order valence-corrected chi connectivity index (χ2v) is 4.73. The maximum Gasteiger partial charge on any atom is 0.254 e. The minimum absolute atomic E-state index is 0.0506. The van der Waals surface area contributed by atoms with Crippen LogP contribution in [0.5, 0.6) is 11.5 Å². The molecule has 1 aliphatic rings. The third-order valence-corrected chi connectivity index (χ3v) is 3.35. The van der Waals surface area contributed by atoms with E-state index in [1.807, 2.05) is 24.3 Å². The van der Waals surface area contributed by atoms with Crippen LogP contribution in [0.15, 0.2) is 48.5 Å². The summed E-state index contributed by atoms with van der Waals surface area (Å²) in [7, 11) is 0. The highest BCUT2D eigenvalue weighted by Crippen LogP contribution is 2.23. The van der Waals surface area contributed by atoms with Gasteiger partial charge in [0.1, 0.15) is 18.1 Å². The molecule has 1 amide bonds. The molecular weight excluding hydrogens is 254 g/mol. The predicted molar refractivity (Wildman–Crippen MR) is 74.8 cm³/mol. The van der Waals surface area contributed by atoms with Gasteiger partial charge < -0.3 is 14.7 Å². The van der Waals surface area contributed by atoms with Gasteiger partial charge in [0.05, 0.1) is 6.54 Å². The van der Waals surface area contributed by atoms with Crippen LogP contribution in [0.2, 0.25) is 0 Å². The third-order valence-electron chi connectivity index (χ3n) is 3.35. The number of amides is 1. The minimum Gasteiger partial charge on any atom is -0.508 e. The Labute approximate surface area is 117 Å². The molecule has 4 heteroatoms. The summed E-state index contributed by atoms with van der Waals surface area (Å²) in [4.78, 5) is 14.2. The molecule has 1 aliphatic heterocycles. The number of nitrogens with zero attached hydrogens (tertiary/aromatic N) is 1. The molecule has 0 spiro atoms. The number of ether oxygens (including phenoxy) is 1. The first-order chi connectivity index (χ1) is 9.74. The molecule has 20 heavy (non-hydrogen) atoms. The molecule has 0 saturated carbocycles. The second-order valence-electron chi connectivity index (χ2n) is 4.73. The van der Waals surface area contributed by atoms with Crippen LogP contribution in [-0.2, 0) is 6.54 Å². The van der Waals surface area contributed by atoms with Crippen molar-refractivity contribution in [2.24, 2.45) is 0 Å². The number of benzene rings is 2. The summed E-state index contributed by atoms with van der Waals surface area (Å²) in [5.41, 5.74) is 1.58. The van der Waals surface area contributed by atoms with E-state index in [1.165, 1.54) is 12.1 Å². The lowest BCUT2D eigenvalue weighted by atomic mass is 10.1. The number of hydrogen-bond donors (Lipinski definition) is 1. The van der Waals surface area contributed by atoms with Crippen molar-refractivity contribution >= 4 is 5.91 Å². The fourth-order valence-electron chi connectivity index (χ4n) is 2.29. The topological polar surface area (TPSA) is 49.8 Å². The van der Waals surface area contributed by atoms with E-state index in [0.717, 1.165) is 11.3 Å². The van der Waals surface area contributed by atoms with Gasteiger partial charge in [0, 0.05) is 17.7 Å². The summed E-state index contributed by atoms with van der Waals surface area (Å²) in [5.74, 6) is 0.949. The van der Waals surface area contributed by atoms with Crippen molar-refractivity contribution in [2.75, 3.05) is 13.2 Å². The minimum atomic E-state index is -0.0506. The Morgan fingerprint density at radius 2 is 1.85 bits per heavy atom. The van der Waals surface area contributed by atoms with Crippen LogP contribution in [0, 0.1) is 0 Å². The lowest BCUT2D eigenvalue weighted by Crippen LogP contribution is -2.32. The summed E-state index contributed by atoms with van der Waals surface area (Å²) >= 11 is 0. The molecular formula is C16H15NO3. The van der Waals surface area contributed by atoms with E-state index in [9.17, 15) is 9.90 Å². The van der Waals surface area contributed by atoms with E-state index in [-0.39, 0.29) is 11.7 Å². The number of carbonyl (C=O) groups is 1. The highest BCUT2D eigenvalue weighted by atomic mass is 16.5. The summed E-state index contributed by atoms with van der Waals surface area (Å²) in [5, 5.41) is 9.28. The van der Waals surface area contributed by atoms with Crippen molar-refractivity contribution in [1.82, 2.24) is 4.90 Å². The molecule has 1 heterocycles. The monoisotopic (exact) mass is 269 g/mol. The molecule has 0 atom stereocenters. The normalized spacial score (nSPS) is 14.1. The average Bonchev–Trinajstić information content (AvgIpc) is 2.69. The second kappa shape index (κ2) is 5.25. The van der Waals surface area contributed by atoms with Gasteiger partial charge in [-0.15, -0.1) is 0 Å². The van der Waals surface area contributed by atoms with Crippen LogP contribution in [-0.4, -0.2) is 29.1 Å². The van der Waals surface area contributed by atoms with Gasteiger partial charge in [-0.05, 0) is 30.3 Å². The van der Waals surface area contributed by atoms with Crippen LogP contribution in [0.25, 0.3) is 0 Å². The summed E-state index contributed by atoms with van der Waals surface area (Å²) < 4.78 is 5.65. The van der Waals surface area contributed by atoms with Gasteiger partial charge in [-0.2, -0.15) is 0 Å². The van der Waals surface area contributed by atoms with E-state index >= 15 is 0 Å². The Hall–Kier alpha value is -2.49. The van der Waals surface area contributed by atoms with Crippen LogP contribution in [0.1, 0.15) is 15.9 Å². The number of aromatic hydroxyl groups is 1. The van der Waals surface area contributed by atoms with Crippen molar-refractivity contribution in [3.8, 4) is 11.5 Å². The van der Waals surface area contributed by atoms with E-state index in [4.69, 9.17) is 4.74 Å². The molecule has 0 fully saturated rings. The average molecular weight is 269 g/mol. The Kier molecular flexibility index (Phi) is 3.29. The molecule has 3 rings (SSSR count). The molecule has 0 aromatic heterocycles. The molecule has 0 radical (unpaired) electrons. The van der Waals surface area contributed by atoms with Crippen LogP contribution >= 0.6 is 0 Å². The maximum atomic E-state index is 12.5. The lowest BCUT2D eigenvalue weighted by Gasteiger charge is -2.19. The smallest absolute Gasteiger partial charge is 0.254 e. The van der Waals surface area contributed by atoms with E-state index < -0.39 is 0 Å². The fourth-order valence-corrected chi connectivity index (χ4v) is 2.29. The Morgan fingerprint density at radius 3 is 2.65 bits per heavy atom. The first-order valence-corrected chi connectivity index (χ1v) is 6.53. The molecule has 0 saturated heterocycles. The van der Waals surface area contributed by atoms with Gasteiger partial charge in [0.25, 0.3) is 5.91 Å². The highest BCUT2D eigenvalue weighted by Gasteiger charge is 2.20. The first kappa shape index (κ1) is 12.5. The molecule has 0 aliphatic carbocycles. The number of phenolic OH excluding ortho intramolecular Hbond substituents is 1. The zero-order valence-corrected chi connectivity index (χ0v) is 11.0. The van der Waals surface area contributed by atoms with Crippen molar-refractivity contribution in [3.63, 3.8) is 0 Å². The van der Waals surface area contributed by atoms with Crippen LogP contribution < -0.4 is 4.74 Å². The van der Waals surface area contributed by atoms with E-state index in [2.05, 4.69) is 0 Å². The molecule has 1 N–H and O–H groups in total. The van der Waals surface area contributed by atoms with Gasteiger partial charge in [-0.1, -0.05) is 18.2 Å². The summed E-state index contributed by atoms with van der Waals surface area (Å²) in [6, 6.07) is 14.1. The lowest BCUT2D eigenvalue weighted by molar-refractivity contribution is 0.0733. The van der Waals surface area contributed by atoms with Gasteiger partial charge in [-0.25, -0.2) is 0 Å². The Morgan fingerprint density at radius 1 is 1.10 bits per heavy atom. The van der Waals surface area contributed by atoms with Crippen molar-refractivity contribution in [2.45, 2.75) is 6.54 Å². The number of para-hydroxylation sites is 1. The van der Waals surface area contributed by atoms with Gasteiger partial charge in [-0.3, -0.25) is 4.79 Å². The van der Waals surface area contributed by atoms with Gasteiger partial charge in [0.15, 0.2) is 0 Å². The largest absolute Gasteiger partial charge is 0.508 e. The van der Waals surface area contributed by atoms with Crippen LogP contribution in [0.3, 0.4) is 0 Å². The molecule has 102 valence electrons. The van der Waals surface area contributed by atoms with Gasteiger partial charge >= 0.3 is 0 Å². The Bertz CT molecular complexity index is 622. The standard InChI is InChI=1S/C16H15NO3/c18-14-7-5-12(6-8-14)16(19)17-9-10-20-15-4-2-1-3-13(15)11-17/h1-8,18H,9-11H2. The maximum absolute atomic E-state index is 12.5. The van der Waals surface area contributed by atoms with E-state index in [0.29, 0.717) is 25.3 Å². The third kappa shape index (κ3) is 2.45. The fraction of sp³-hybridized carbons (Fsp3) is 0.188. The number of phenols is 1. The molecule has 2 aromatic carbocycles. The molecule has 2 aromatic rings. The zero-order valence-electron chi connectivity index (χ0n) is 11.0. The number of carbonyl (C=O) groups excluding carboxylic acids is 1. The number of rotatable bonds is 1. The van der Waals surface area contributed by atoms with Crippen molar-refractivity contribution < 1.29 is 14.6 Å². The molecule has 0 unspecified atom stereocenters. The quantitative estimate of drug-likeness (QED) is 0.865. The number of hydrogen-bond acceptors (Lipinski definition) is 3. The highest BCUT2D eigenvalue weighted by molar-refractivity contribution is 5.94. The van der Waals surface area contributed by atoms with Gasteiger partial charge in [0.2, 0.25) is 0 Å². The first-order valence-electron chi connectivity index (χ1n) is 6.53. The predicted octanol–water partition coefficient (Wildman–Crippen LogP) is 2.43. The van der Waals surface area contributed by atoms with Crippen molar-refractivity contribution in [1.29, 1.82) is 0 Å². The summed E-state index contributed by atoms with van der Waals surface area (Å²) in [6.45, 7) is 1.57. The number of fused-ring (bicyclic) bond motifs is 1.